The summed E-state index contributed by atoms with van der Waals surface area (Å²) in [7, 11) is 0. The van der Waals surface area contributed by atoms with Crippen LogP contribution in [0.1, 0.15) is 23.7 Å². The van der Waals surface area contributed by atoms with Crippen LogP contribution >= 0.6 is 0 Å². The first kappa shape index (κ1) is 24.5. The molecule has 2 heterocycles. The van der Waals surface area contributed by atoms with Crippen LogP contribution in [0.25, 0.3) is 0 Å². The summed E-state index contributed by atoms with van der Waals surface area (Å²) in [6, 6.07) is 11.5. The molecule has 0 fully saturated rings. The zero-order chi connectivity index (χ0) is 16.4. The molecule has 1 aliphatic rings. The minimum absolute atomic E-state index is 0. The zero-order valence-corrected chi connectivity index (χ0v) is 17.5. The molecule has 0 spiro atoms. The van der Waals surface area contributed by atoms with Gasteiger partial charge in [-0.05, 0) is 22.9 Å². The Hall–Kier alpha value is -1.55. The van der Waals surface area contributed by atoms with Crippen LogP contribution in [0.2, 0.25) is 0 Å². The molecular formula is C15H12AuCl2N5O2S. The smallest absolute Gasteiger partial charge is 1.00 e. The number of hydrogen-bond donors (Lipinski definition) is 1. The van der Waals surface area contributed by atoms with E-state index in [0.717, 1.165) is 0 Å². The standard InChI is InChI=1S/C15H13N5O2S.Au.2ClH/c16-15(23)19-14(10-4-3-5-11(8-10)20(21)22)9-13(18-19)12-6-1-2-7-17-12;;;/h1-8,14H,9H2,(H2,16,23);;2*1H/q;+3;;/p-3. The maximum absolute atomic E-state index is 11.0. The van der Waals surface area contributed by atoms with Gasteiger partial charge in [0.2, 0.25) is 0 Å². The third-order valence-corrected chi connectivity index (χ3v) is 3.73. The van der Waals surface area contributed by atoms with E-state index in [1.54, 1.807) is 18.3 Å². The molecule has 1 atom stereocenters. The van der Waals surface area contributed by atoms with Gasteiger partial charge in [-0.2, -0.15) is 5.10 Å². The third-order valence-electron chi connectivity index (χ3n) is 3.54. The van der Waals surface area contributed by atoms with Gasteiger partial charge in [-0.3, -0.25) is 20.1 Å². The van der Waals surface area contributed by atoms with E-state index in [9.17, 15) is 10.1 Å². The maximum atomic E-state index is 11.0. The number of aromatic nitrogens is 1. The van der Waals surface area contributed by atoms with Crippen LogP contribution in [0, 0.1) is 15.5 Å². The quantitative estimate of drug-likeness (QED) is 0.100. The molecule has 0 saturated carbocycles. The number of nitro benzene ring substituents is 1. The fourth-order valence-electron chi connectivity index (χ4n) is 2.49. The fraction of sp³-hybridized carbons (Fsp3) is 0.133. The van der Waals surface area contributed by atoms with Crippen molar-refractivity contribution in [2.75, 3.05) is 0 Å². The van der Waals surface area contributed by atoms with Crippen LogP contribution in [0.5, 0.6) is 0 Å². The van der Waals surface area contributed by atoms with Crippen LogP contribution < -0.4 is 24.8 Å². The molecular weight excluding hydrogens is 582 g/mol. The number of rotatable bonds is 3. The molecule has 140 valence electrons. The van der Waals surface area contributed by atoms with Crippen LogP contribution in [-0.4, -0.2) is 25.8 Å². The summed E-state index contributed by atoms with van der Waals surface area (Å²) in [5.41, 5.74) is 2.12. The number of nitrogens with one attached hydrogen (secondary N) is 1. The molecule has 2 aromatic rings. The Bertz CT molecular complexity index is 810. The number of benzene rings is 1. The second-order valence-corrected chi connectivity index (χ2v) is 5.37. The van der Waals surface area contributed by atoms with Gasteiger partial charge in [0.1, 0.15) is 0 Å². The van der Waals surface area contributed by atoms with Crippen molar-refractivity contribution >= 4 is 29.2 Å². The Labute approximate surface area is 183 Å². The normalized spacial score (nSPS) is 15.0. The molecule has 0 amide bonds. The predicted molar refractivity (Wildman–Crippen MR) is 88.2 cm³/mol. The summed E-state index contributed by atoms with van der Waals surface area (Å²) >= 11 is 4.95. The fourth-order valence-corrected chi connectivity index (χ4v) is 2.66. The summed E-state index contributed by atoms with van der Waals surface area (Å²) < 4.78 is 0. The topological polar surface area (TPSA) is 95.5 Å². The van der Waals surface area contributed by atoms with Crippen molar-refractivity contribution < 1.29 is 52.1 Å². The summed E-state index contributed by atoms with van der Waals surface area (Å²) in [6.07, 6.45) is 2.15. The van der Waals surface area contributed by atoms with E-state index in [0.29, 0.717) is 23.4 Å². The van der Waals surface area contributed by atoms with Gasteiger partial charge in [0.25, 0.3) is 5.69 Å². The molecule has 0 saturated heterocycles. The molecule has 1 aliphatic heterocycles. The number of hydrazone groups is 1. The van der Waals surface area contributed by atoms with Crippen LogP contribution in [0.4, 0.5) is 5.69 Å². The van der Waals surface area contributed by atoms with Gasteiger partial charge in [-0.15, -0.1) is 0 Å². The van der Waals surface area contributed by atoms with Gasteiger partial charge in [-0.1, -0.05) is 18.2 Å². The van der Waals surface area contributed by atoms with E-state index in [4.69, 9.17) is 18.0 Å². The monoisotopic (exact) mass is 593 g/mol. The minimum Gasteiger partial charge on any atom is -1.00 e. The molecule has 0 radical (unpaired) electrons. The molecule has 1 aromatic carbocycles. The first-order valence-corrected chi connectivity index (χ1v) is 7.25. The maximum Gasteiger partial charge on any atom is 3.00 e. The summed E-state index contributed by atoms with van der Waals surface area (Å²) in [6.45, 7) is 0. The average molecular weight is 594 g/mol. The Kier molecular flexibility index (Phi) is 9.93. The van der Waals surface area contributed by atoms with Crippen LogP contribution in [0.3, 0.4) is 0 Å². The number of halogens is 2. The SMILES string of the molecule is N=C([S-])N1N=C(c2ccccn2)CC1c1cccc([N+](=O)[O-])c1.[Au+3].[Cl-].[Cl-]. The van der Waals surface area contributed by atoms with Crippen molar-refractivity contribution in [2.45, 2.75) is 12.5 Å². The average Bonchev–Trinajstić information content (AvgIpc) is 3.01. The van der Waals surface area contributed by atoms with Gasteiger partial charge in [-0.25, -0.2) is 0 Å². The van der Waals surface area contributed by atoms with Gasteiger partial charge >= 0.3 is 22.4 Å². The third kappa shape index (κ3) is 5.23. The molecule has 26 heavy (non-hydrogen) atoms. The van der Waals surface area contributed by atoms with E-state index in [1.165, 1.54) is 17.1 Å². The molecule has 0 bridgehead atoms. The van der Waals surface area contributed by atoms with Crippen LogP contribution in [-0.2, 0) is 35.0 Å². The second kappa shape index (κ2) is 10.6. The van der Waals surface area contributed by atoms with Gasteiger partial charge < -0.3 is 42.9 Å². The number of hydrogen-bond acceptors (Lipinski definition) is 6. The van der Waals surface area contributed by atoms with E-state index >= 15 is 0 Å². The molecule has 0 aliphatic carbocycles. The van der Waals surface area contributed by atoms with Crippen molar-refractivity contribution in [3.63, 3.8) is 0 Å². The molecule has 1 aromatic heterocycles. The Morgan fingerprint density at radius 3 is 2.58 bits per heavy atom. The summed E-state index contributed by atoms with van der Waals surface area (Å²) in [5, 5.41) is 24.3. The molecule has 7 nitrogen and oxygen atoms in total. The number of pyridine rings is 1. The van der Waals surface area contributed by atoms with Gasteiger partial charge in [0.15, 0.2) is 0 Å². The zero-order valence-electron chi connectivity index (χ0n) is 13.0. The number of nitro groups is 1. The van der Waals surface area contributed by atoms with Crippen molar-refractivity contribution in [1.82, 2.24) is 9.99 Å². The Balaban J connectivity index is 0.00000208. The number of nitrogens with zero attached hydrogens (tertiary/aromatic N) is 4. The minimum atomic E-state index is -0.442. The van der Waals surface area contributed by atoms with Crippen molar-refractivity contribution in [1.29, 1.82) is 5.41 Å². The Morgan fingerprint density at radius 1 is 1.27 bits per heavy atom. The van der Waals surface area contributed by atoms with E-state index < -0.39 is 4.92 Å². The second-order valence-electron chi connectivity index (χ2n) is 4.98. The van der Waals surface area contributed by atoms with E-state index in [1.807, 2.05) is 18.2 Å². The summed E-state index contributed by atoms with van der Waals surface area (Å²) in [4.78, 5) is 14.8. The van der Waals surface area contributed by atoms with Crippen molar-refractivity contribution in [3.8, 4) is 0 Å². The summed E-state index contributed by atoms with van der Waals surface area (Å²) in [5.74, 6) is 0. The van der Waals surface area contributed by atoms with Gasteiger partial charge in [0, 0.05) is 24.8 Å². The van der Waals surface area contributed by atoms with E-state index in [2.05, 4.69) is 10.1 Å². The van der Waals surface area contributed by atoms with E-state index in [-0.39, 0.29) is 64.1 Å². The van der Waals surface area contributed by atoms with Crippen molar-refractivity contribution in [2.24, 2.45) is 5.10 Å². The molecule has 1 N–H and O–H groups in total. The number of amidine groups is 1. The molecule has 3 rings (SSSR count). The Morgan fingerprint density at radius 2 is 2.00 bits per heavy atom. The molecule has 1 unspecified atom stereocenters. The van der Waals surface area contributed by atoms with Crippen LogP contribution in [0.15, 0.2) is 53.8 Å². The van der Waals surface area contributed by atoms with Gasteiger partial charge in [0.05, 0.1) is 22.4 Å². The van der Waals surface area contributed by atoms with Crippen molar-refractivity contribution in [3.05, 3.63) is 70.0 Å². The molecule has 11 heteroatoms. The number of non-ortho nitro benzene ring substituents is 1. The first-order valence-electron chi connectivity index (χ1n) is 6.84. The predicted octanol–water partition coefficient (Wildman–Crippen LogP) is -3.37. The first-order chi connectivity index (χ1) is 11.1. The largest absolute Gasteiger partial charge is 3.00 e.